The van der Waals surface area contributed by atoms with E-state index in [1.807, 2.05) is 0 Å². The number of hydrogen-bond acceptors (Lipinski definition) is 3. The van der Waals surface area contributed by atoms with E-state index >= 15 is 0 Å². The van der Waals surface area contributed by atoms with E-state index in [4.69, 9.17) is 0 Å². The van der Waals surface area contributed by atoms with E-state index in [1.165, 1.54) is 30.6 Å². The topological polar surface area (TPSA) is 43.1 Å². The van der Waals surface area contributed by atoms with Crippen LogP contribution >= 0.6 is 0 Å². The van der Waals surface area contributed by atoms with E-state index in [0.717, 1.165) is 12.1 Å². The fourth-order valence-corrected chi connectivity index (χ4v) is 2.83. The lowest BCUT2D eigenvalue weighted by Gasteiger charge is -2.18. The molecule has 7 heteroatoms. The largest absolute Gasteiger partial charge is 0.285 e. The third-order valence-electron chi connectivity index (χ3n) is 3.90. The van der Waals surface area contributed by atoms with Crippen molar-refractivity contribution in [2.75, 3.05) is 6.54 Å². The van der Waals surface area contributed by atoms with Crippen molar-refractivity contribution in [2.24, 2.45) is 4.99 Å². The lowest BCUT2D eigenvalue weighted by atomic mass is 9.98. The van der Waals surface area contributed by atoms with Gasteiger partial charge in [-0.1, -0.05) is 6.07 Å². The summed E-state index contributed by atoms with van der Waals surface area (Å²) < 4.78 is 44.0. The lowest BCUT2D eigenvalue weighted by Crippen LogP contribution is -2.17. The molecule has 3 aromatic rings. The summed E-state index contributed by atoms with van der Waals surface area (Å²) >= 11 is 0. The monoisotopic (exact) mass is 328 g/mol. The van der Waals surface area contributed by atoms with Crippen molar-refractivity contribution in [3.8, 4) is 5.69 Å². The first-order chi connectivity index (χ1) is 11.6. The number of aromatic nitrogens is 3. The van der Waals surface area contributed by atoms with Gasteiger partial charge in [-0.05, 0) is 30.3 Å². The number of fused-ring (bicyclic) bond motifs is 3. The van der Waals surface area contributed by atoms with Crippen LogP contribution in [0.15, 0.2) is 47.7 Å². The highest BCUT2D eigenvalue weighted by Crippen LogP contribution is 2.26. The van der Waals surface area contributed by atoms with Gasteiger partial charge in [0, 0.05) is 18.5 Å². The van der Waals surface area contributed by atoms with E-state index in [1.54, 1.807) is 4.57 Å². The van der Waals surface area contributed by atoms with Gasteiger partial charge in [0.2, 0.25) is 0 Å². The van der Waals surface area contributed by atoms with E-state index in [-0.39, 0.29) is 17.8 Å². The van der Waals surface area contributed by atoms with Crippen LogP contribution in [0, 0.1) is 17.5 Å². The van der Waals surface area contributed by atoms with Crippen molar-refractivity contribution in [2.45, 2.75) is 6.42 Å². The molecule has 0 saturated heterocycles. The molecule has 1 aromatic heterocycles. The normalized spacial score (nSPS) is 15.7. The maximum Gasteiger partial charge on any atom is 0.139 e. The third kappa shape index (κ3) is 2.29. The quantitative estimate of drug-likeness (QED) is 0.689. The van der Waals surface area contributed by atoms with Gasteiger partial charge in [0.15, 0.2) is 0 Å². The molecular formula is C17H11F3N4. The Morgan fingerprint density at radius 3 is 2.58 bits per heavy atom. The van der Waals surface area contributed by atoms with Crippen LogP contribution in [0.1, 0.15) is 17.0 Å². The molecule has 120 valence electrons. The molecule has 0 radical (unpaired) electrons. The zero-order chi connectivity index (χ0) is 16.7. The molecule has 4 nitrogen and oxygen atoms in total. The average Bonchev–Trinajstić information content (AvgIpc) is 2.99. The molecule has 0 N–H and O–H groups in total. The zero-order valence-corrected chi connectivity index (χ0v) is 12.4. The summed E-state index contributed by atoms with van der Waals surface area (Å²) in [7, 11) is 0. The highest BCUT2D eigenvalue weighted by atomic mass is 19.1. The van der Waals surface area contributed by atoms with Crippen LogP contribution in [0.4, 0.5) is 13.2 Å². The van der Waals surface area contributed by atoms with Crippen molar-refractivity contribution in [1.82, 2.24) is 14.8 Å². The zero-order valence-electron chi connectivity index (χ0n) is 12.4. The second-order valence-corrected chi connectivity index (χ2v) is 5.36. The van der Waals surface area contributed by atoms with Crippen LogP contribution in [0.5, 0.6) is 0 Å². The van der Waals surface area contributed by atoms with Gasteiger partial charge in [-0.25, -0.2) is 13.2 Å². The minimum Gasteiger partial charge on any atom is -0.285 e. The van der Waals surface area contributed by atoms with Gasteiger partial charge in [0.05, 0.1) is 17.0 Å². The molecule has 2 heterocycles. The minimum absolute atomic E-state index is 0.0828. The fourth-order valence-electron chi connectivity index (χ4n) is 2.83. The highest BCUT2D eigenvalue weighted by molar-refractivity contribution is 6.15. The van der Waals surface area contributed by atoms with Gasteiger partial charge in [-0.15, -0.1) is 10.2 Å². The second kappa shape index (κ2) is 5.59. The van der Waals surface area contributed by atoms with Crippen molar-refractivity contribution in [3.63, 3.8) is 0 Å². The number of hydrogen-bond donors (Lipinski definition) is 0. The lowest BCUT2D eigenvalue weighted by molar-refractivity contribution is 0.578. The predicted octanol–water partition coefficient (Wildman–Crippen LogP) is 3.08. The fraction of sp³-hybridized carbons (Fsp3) is 0.118. The molecule has 0 spiro atoms. The van der Waals surface area contributed by atoms with E-state index < -0.39 is 17.5 Å². The Labute approximate surface area is 135 Å². The minimum atomic E-state index is -0.742. The van der Waals surface area contributed by atoms with Gasteiger partial charge in [-0.3, -0.25) is 9.56 Å². The Kier molecular flexibility index (Phi) is 3.41. The number of rotatable bonds is 1. The van der Waals surface area contributed by atoms with Crippen molar-refractivity contribution in [3.05, 3.63) is 77.1 Å². The molecule has 1 aliphatic rings. The molecule has 1 aliphatic heterocycles. The van der Waals surface area contributed by atoms with Crippen molar-refractivity contribution in [1.29, 1.82) is 0 Å². The summed E-state index contributed by atoms with van der Waals surface area (Å²) in [4.78, 5) is 4.32. The molecule has 2 aromatic carbocycles. The SMILES string of the molecule is Fc1ccc2c(c1)/C(c1c(F)cccc1F)=N\CCc1nncn1-2. The van der Waals surface area contributed by atoms with Gasteiger partial charge < -0.3 is 0 Å². The van der Waals surface area contributed by atoms with Gasteiger partial charge in [0.1, 0.15) is 29.6 Å². The summed E-state index contributed by atoms with van der Waals surface area (Å²) in [5, 5.41) is 7.88. The Bertz CT molecular complexity index is 942. The van der Waals surface area contributed by atoms with Gasteiger partial charge in [0.25, 0.3) is 0 Å². The first-order valence-corrected chi connectivity index (χ1v) is 7.33. The summed E-state index contributed by atoms with van der Waals surface area (Å²) in [6.07, 6.45) is 1.95. The van der Waals surface area contributed by atoms with Crippen LogP contribution in [-0.2, 0) is 6.42 Å². The first-order valence-electron chi connectivity index (χ1n) is 7.33. The summed E-state index contributed by atoms with van der Waals surface area (Å²) in [5.74, 6) is -1.35. The molecule has 0 atom stereocenters. The maximum absolute atomic E-state index is 14.3. The van der Waals surface area contributed by atoms with E-state index in [2.05, 4.69) is 15.2 Å². The third-order valence-corrected chi connectivity index (χ3v) is 3.90. The molecular weight excluding hydrogens is 317 g/mol. The smallest absolute Gasteiger partial charge is 0.139 e. The maximum atomic E-state index is 14.3. The van der Waals surface area contributed by atoms with E-state index in [0.29, 0.717) is 23.5 Å². The molecule has 0 unspecified atom stereocenters. The summed E-state index contributed by atoms with van der Waals surface area (Å²) in [6.45, 7) is 0.262. The Balaban J connectivity index is 2.02. The van der Waals surface area contributed by atoms with Crippen LogP contribution in [0.2, 0.25) is 0 Å². The number of nitrogens with zero attached hydrogens (tertiary/aromatic N) is 4. The molecule has 0 aliphatic carbocycles. The van der Waals surface area contributed by atoms with Crippen molar-refractivity contribution >= 4 is 5.71 Å². The number of benzene rings is 2. The van der Waals surface area contributed by atoms with Crippen molar-refractivity contribution < 1.29 is 13.2 Å². The predicted molar refractivity (Wildman–Crippen MR) is 81.9 cm³/mol. The molecule has 4 rings (SSSR count). The van der Waals surface area contributed by atoms with Crippen LogP contribution < -0.4 is 0 Å². The molecule has 0 saturated carbocycles. The van der Waals surface area contributed by atoms with Gasteiger partial charge >= 0.3 is 0 Å². The first kappa shape index (κ1) is 14.6. The number of aliphatic imine (C=N–C) groups is 1. The summed E-state index contributed by atoms with van der Waals surface area (Å²) in [5.41, 5.74) is 0.637. The highest BCUT2D eigenvalue weighted by Gasteiger charge is 2.23. The molecule has 0 amide bonds. The Morgan fingerprint density at radius 1 is 1.00 bits per heavy atom. The van der Waals surface area contributed by atoms with Crippen LogP contribution in [0.25, 0.3) is 5.69 Å². The molecule has 24 heavy (non-hydrogen) atoms. The van der Waals surface area contributed by atoms with Crippen LogP contribution in [-0.4, -0.2) is 27.0 Å². The van der Waals surface area contributed by atoms with Gasteiger partial charge in [-0.2, -0.15) is 0 Å². The number of halogens is 3. The van der Waals surface area contributed by atoms with E-state index in [9.17, 15) is 13.2 Å². The molecule has 0 fully saturated rings. The molecule has 0 bridgehead atoms. The Morgan fingerprint density at radius 2 is 1.79 bits per heavy atom. The second-order valence-electron chi connectivity index (χ2n) is 5.36. The Hall–Kier alpha value is -2.96. The summed E-state index contributed by atoms with van der Waals surface area (Å²) in [6, 6.07) is 7.61. The van der Waals surface area contributed by atoms with Crippen LogP contribution in [0.3, 0.4) is 0 Å². The standard InChI is InChI=1S/C17H11F3N4/c18-10-4-5-14-11(8-10)17(16-12(19)2-1-3-13(16)20)21-7-6-15-23-22-9-24(14)15/h1-5,8-9H,6-7H2/b21-17+. The average molecular weight is 328 g/mol.